The van der Waals surface area contributed by atoms with Crippen molar-refractivity contribution in [1.29, 1.82) is 0 Å². The fourth-order valence-corrected chi connectivity index (χ4v) is 5.30. The number of nitrogens with zero attached hydrogens (tertiary/aromatic N) is 4. The summed E-state index contributed by atoms with van der Waals surface area (Å²) in [5.41, 5.74) is 3.27. The van der Waals surface area contributed by atoms with Gasteiger partial charge in [-0.2, -0.15) is 9.78 Å². The van der Waals surface area contributed by atoms with Gasteiger partial charge in [-0.15, -0.1) is 0 Å². The fraction of sp³-hybridized carbons (Fsp3) is 0.182. The molecule has 0 saturated carbocycles. The Bertz CT molecular complexity index is 1970. The molecule has 0 saturated heterocycles. The van der Waals surface area contributed by atoms with Crippen LogP contribution in [-0.2, 0) is 6.61 Å². The van der Waals surface area contributed by atoms with Crippen molar-refractivity contribution in [1.82, 2.24) is 9.66 Å². The monoisotopic (exact) mass is 674 g/mol. The summed E-state index contributed by atoms with van der Waals surface area (Å²) >= 11 is 9.69. The number of halogens is 2. The summed E-state index contributed by atoms with van der Waals surface area (Å²) in [6, 6.07) is 21.0. The molecule has 9 nitrogen and oxygen atoms in total. The molecule has 44 heavy (non-hydrogen) atoms. The molecule has 1 aromatic heterocycles. The summed E-state index contributed by atoms with van der Waals surface area (Å²) in [5.74, 6) is 1.14. The Morgan fingerprint density at radius 3 is 2.52 bits per heavy atom. The highest BCUT2D eigenvalue weighted by atomic mass is 79.9. The van der Waals surface area contributed by atoms with E-state index >= 15 is 0 Å². The lowest BCUT2D eigenvalue weighted by Gasteiger charge is -2.17. The number of ether oxygens (including phenoxy) is 2. The van der Waals surface area contributed by atoms with Crippen LogP contribution in [0.2, 0.25) is 5.02 Å². The molecule has 5 rings (SSSR count). The van der Waals surface area contributed by atoms with Gasteiger partial charge in [-0.3, -0.25) is 14.9 Å². The zero-order valence-corrected chi connectivity index (χ0v) is 26.7. The standard InChI is InChI=1S/C33H28BrClN4O5/c1-19(2)26-16-27(20(3)13-30(26)43-4)32-37-28-8-6-5-7-25(28)33(40)38(32)36-17-22-14-24(35)15-29(39(41)42)31(22)44-18-21-9-11-23(34)12-10-21/h5-17,19H,18H2,1-4H3. The van der Waals surface area contributed by atoms with Crippen LogP contribution >= 0.6 is 27.5 Å². The Kier molecular flexibility index (Phi) is 9.12. The zero-order valence-electron chi connectivity index (χ0n) is 24.4. The molecule has 0 aliphatic carbocycles. The molecule has 0 fully saturated rings. The van der Waals surface area contributed by atoms with Crippen LogP contribution in [0, 0.1) is 17.0 Å². The van der Waals surface area contributed by atoms with Crippen molar-refractivity contribution in [2.24, 2.45) is 5.10 Å². The minimum Gasteiger partial charge on any atom is -0.496 e. The molecule has 0 radical (unpaired) electrons. The number of methoxy groups -OCH3 is 1. The molecule has 4 aromatic carbocycles. The van der Waals surface area contributed by atoms with Crippen LogP contribution in [-0.4, -0.2) is 27.9 Å². The minimum atomic E-state index is -0.566. The normalized spacial score (nSPS) is 11.4. The van der Waals surface area contributed by atoms with Crippen LogP contribution in [0.25, 0.3) is 22.3 Å². The van der Waals surface area contributed by atoms with Crippen molar-refractivity contribution in [3.8, 4) is 22.9 Å². The molecule has 0 bridgehead atoms. The summed E-state index contributed by atoms with van der Waals surface area (Å²) in [5, 5.41) is 17.0. The van der Waals surface area contributed by atoms with Gasteiger partial charge in [0.05, 0.1) is 29.2 Å². The van der Waals surface area contributed by atoms with Gasteiger partial charge >= 0.3 is 5.69 Å². The summed E-state index contributed by atoms with van der Waals surface area (Å²) < 4.78 is 13.7. The first-order valence-electron chi connectivity index (χ1n) is 13.7. The van der Waals surface area contributed by atoms with Crippen LogP contribution in [0.3, 0.4) is 0 Å². The highest BCUT2D eigenvalue weighted by molar-refractivity contribution is 9.10. The van der Waals surface area contributed by atoms with Gasteiger partial charge in [0.25, 0.3) is 5.56 Å². The highest BCUT2D eigenvalue weighted by Crippen LogP contribution is 2.36. The SMILES string of the molecule is COc1cc(C)c(-c2nc3ccccc3c(=O)n2N=Cc2cc(Cl)cc([N+](=O)[O-])c2OCc2ccc(Br)cc2)cc1C(C)C. The van der Waals surface area contributed by atoms with Crippen LogP contribution in [0.15, 0.2) is 87.2 Å². The first-order valence-corrected chi connectivity index (χ1v) is 14.8. The van der Waals surface area contributed by atoms with Gasteiger partial charge < -0.3 is 9.47 Å². The van der Waals surface area contributed by atoms with E-state index in [0.717, 1.165) is 26.9 Å². The van der Waals surface area contributed by atoms with Gasteiger partial charge in [-0.25, -0.2) is 4.98 Å². The lowest BCUT2D eigenvalue weighted by molar-refractivity contribution is -0.385. The number of nitro groups is 1. The number of hydrogen-bond donors (Lipinski definition) is 0. The highest BCUT2D eigenvalue weighted by Gasteiger charge is 2.22. The number of benzene rings is 4. The van der Waals surface area contributed by atoms with Gasteiger partial charge in [-0.1, -0.05) is 65.6 Å². The molecule has 224 valence electrons. The molecular weight excluding hydrogens is 648 g/mol. The molecule has 0 N–H and O–H groups in total. The number of aryl methyl sites for hydroxylation is 1. The van der Waals surface area contributed by atoms with E-state index in [1.54, 1.807) is 25.3 Å². The van der Waals surface area contributed by atoms with Crippen molar-refractivity contribution in [2.75, 3.05) is 7.11 Å². The van der Waals surface area contributed by atoms with Crippen molar-refractivity contribution in [3.63, 3.8) is 0 Å². The minimum absolute atomic E-state index is 0.0304. The summed E-state index contributed by atoms with van der Waals surface area (Å²) in [7, 11) is 1.62. The smallest absolute Gasteiger partial charge is 0.313 e. The predicted molar refractivity (Wildman–Crippen MR) is 176 cm³/mol. The Morgan fingerprint density at radius 1 is 1.11 bits per heavy atom. The van der Waals surface area contributed by atoms with Gasteiger partial charge in [0.1, 0.15) is 12.4 Å². The van der Waals surface area contributed by atoms with E-state index in [-0.39, 0.29) is 34.5 Å². The van der Waals surface area contributed by atoms with Gasteiger partial charge in [0.2, 0.25) is 5.75 Å². The second kappa shape index (κ2) is 13.0. The maximum absolute atomic E-state index is 13.9. The third kappa shape index (κ3) is 6.36. The maximum Gasteiger partial charge on any atom is 0.313 e. The van der Waals surface area contributed by atoms with Gasteiger partial charge in [0.15, 0.2) is 5.82 Å². The van der Waals surface area contributed by atoms with E-state index in [1.807, 2.05) is 49.4 Å². The number of aromatic nitrogens is 2. The topological polar surface area (TPSA) is 109 Å². The molecule has 0 aliphatic heterocycles. The predicted octanol–water partition coefficient (Wildman–Crippen LogP) is 8.29. The second-order valence-electron chi connectivity index (χ2n) is 10.4. The quantitative estimate of drug-likeness (QED) is 0.0884. The molecule has 11 heteroatoms. The molecule has 0 amide bonds. The van der Waals surface area contributed by atoms with Gasteiger partial charge in [0, 0.05) is 26.7 Å². The van der Waals surface area contributed by atoms with E-state index in [9.17, 15) is 14.9 Å². The van der Waals surface area contributed by atoms with Crippen molar-refractivity contribution in [2.45, 2.75) is 33.3 Å². The lowest BCUT2D eigenvalue weighted by Crippen LogP contribution is -2.21. The first kappa shape index (κ1) is 30.9. The van der Waals surface area contributed by atoms with Crippen LogP contribution in [0.1, 0.15) is 42.0 Å². The van der Waals surface area contributed by atoms with E-state index in [2.05, 4.69) is 34.9 Å². The van der Waals surface area contributed by atoms with Crippen molar-refractivity contribution < 1.29 is 14.4 Å². The Balaban J connectivity index is 1.69. The average molecular weight is 676 g/mol. The fourth-order valence-electron chi connectivity index (χ4n) is 4.82. The Labute approximate surface area is 267 Å². The van der Waals surface area contributed by atoms with Gasteiger partial charge in [-0.05, 0) is 72.0 Å². The summed E-state index contributed by atoms with van der Waals surface area (Å²) in [4.78, 5) is 30.2. The summed E-state index contributed by atoms with van der Waals surface area (Å²) in [6.45, 7) is 6.07. The van der Waals surface area contributed by atoms with Crippen LogP contribution in [0.5, 0.6) is 11.5 Å². The number of nitro benzene ring substituents is 1. The molecule has 0 spiro atoms. The lowest BCUT2D eigenvalue weighted by atomic mass is 9.96. The molecule has 5 aromatic rings. The van der Waals surface area contributed by atoms with E-state index in [4.69, 9.17) is 26.1 Å². The average Bonchev–Trinajstić information content (AvgIpc) is 3.00. The van der Waals surface area contributed by atoms with Crippen LogP contribution in [0.4, 0.5) is 5.69 Å². The van der Waals surface area contributed by atoms with Crippen molar-refractivity contribution >= 4 is 50.3 Å². The maximum atomic E-state index is 13.9. The van der Waals surface area contributed by atoms with Crippen LogP contribution < -0.4 is 15.0 Å². The molecule has 1 heterocycles. The third-order valence-electron chi connectivity index (χ3n) is 7.06. The first-order chi connectivity index (χ1) is 21.1. The number of hydrogen-bond acceptors (Lipinski definition) is 7. The Hall–Kier alpha value is -4.54. The molecule has 0 atom stereocenters. The molecule has 0 aliphatic rings. The van der Waals surface area contributed by atoms with E-state index in [1.165, 1.54) is 23.0 Å². The largest absolute Gasteiger partial charge is 0.496 e. The van der Waals surface area contributed by atoms with E-state index < -0.39 is 10.5 Å². The number of fused-ring (bicyclic) bond motifs is 1. The van der Waals surface area contributed by atoms with Crippen molar-refractivity contribution in [3.05, 3.63) is 125 Å². The Morgan fingerprint density at radius 2 is 1.84 bits per heavy atom. The summed E-state index contributed by atoms with van der Waals surface area (Å²) in [6.07, 6.45) is 1.33. The number of para-hydroxylation sites is 1. The zero-order chi connectivity index (χ0) is 31.5. The van der Waals surface area contributed by atoms with E-state index in [0.29, 0.717) is 22.3 Å². The second-order valence-corrected chi connectivity index (χ2v) is 11.7. The third-order valence-corrected chi connectivity index (χ3v) is 7.81. The molecule has 0 unspecified atom stereocenters. The molecular formula is C33H28BrClN4O5. The number of rotatable bonds is 9.